The van der Waals surface area contributed by atoms with E-state index in [1.54, 1.807) is 10.8 Å². The predicted octanol–water partition coefficient (Wildman–Crippen LogP) is 2.10. The molecule has 3 aromatic rings. The fourth-order valence-corrected chi connectivity index (χ4v) is 5.26. The van der Waals surface area contributed by atoms with Gasteiger partial charge < -0.3 is 14.9 Å². The molecule has 0 spiro atoms. The van der Waals surface area contributed by atoms with E-state index in [1.165, 1.54) is 10.6 Å². The molecule has 0 radical (unpaired) electrons. The van der Waals surface area contributed by atoms with E-state index in [9.17, 15) is 13.2 Å². The second-order valence-corrected chi connectivity index (χ2v) is 10.1. The molecule has 1 atom stereocenters. The Hall–Kier alpha value is -2.72. The molecule has 1 fully saturated rings. The number of sulfonamides is 1. The number of carbonyl (C=O) groups excluding carboxylic acids is 1. The van der Waals surface area contributed by atoms with Crippen LogP contribution in [-0.4, -0.2) is 57.8 Å². The van der Waals surface area contributed by atoms with Gasteiger partial charge in [0.1, 0.15) is 5.82 Å². The Morgan fingerprint density at radius 3 is 2.87 bits per heavy atom. The van der Waals surface area contributed by atoms with Crippen molar-refractivity contribution in [1.29, 1.82) is 0 Å². The van der Waals surface area contributed by atoms with Gasteiger partial charge in [-0.15, -0.1) is 0 Å². The number of aromatic nitrogens is 4. The zero-order valence-electron chi connectivity index (χ0n) is 17.8. The zero-order chi connectivity index (χ0) is 22.0. The topological polar surface area (TPSA) is 113 Å². The number of nitrogens with one attached hydrogen (secondary N) is 2. The van der Waals surface area contributed by atoms with E-state index >= 15 is 0 Å². The molecule has 9 nitrogen and oxygen atoms in total. The van der Waals surface area contributed by atoms with Gasteiger partial charge in [-0.1, -0.05) is 12.1 Å². The number of nitrogens with zero attached hydrogens (tertiary/aromatic N) is 4. The van der Waals surface area contributed by atoms with Crippen molar-refractivity contribution in [3.63, 3.8) is 0 Å². The Morgan fingerprint density at radius 2 is 2.13 bits per heavy atom. The number of piperidine rings is 1. The molecule has 0 saturated carbocycles. The Balaban J connectivity index is 1.34. The van der Waals surface area contributed by atoms with Gasteiger partial charge in [-0.05, 0) is 38.8 Å². The molecule has 31 heavy (non-hydrogen) atoms. The summed E-state index contributed by atoms with van der Waals surface area (Å²) in [5, 5.41) is 2.97. The number of imidazole rings is 2. The molecule has 4 rings (SSSR count). The number of amides is 1. The van der Waals surface area contributed by atoms with E-state index in [-0.39, 0.29) is 29.4 Å². The average molecular weight is 445 g/mol. The number of fused-ring (bicyclic) bond motifs is 1. The molecule has 166 valence electrons. The molecule has 1 aliphatic heterocycles. The smallest absolute Gasteiger partial charge is 0.262 e. The standard InChI is InChI=1S/C21H28N6O3S/c1-15(2)26-13-20(23-14-26)31(29,30)27-11-5-6-16(12-27)21(28)22-10-9-19-24-17-7-3-4-8-18(17)25-19/h3-4,7-8,13-16H,5-6,9-12H2,1-2H3,(H,22,28)(H,24,25). The van der Waals surface area contributed by atoms with Gasteiger partial charge in [0.05, 0.1) is 23.3 Å². The number of H-pyrrole nitrogens is 1. The van der Waals surface area contributed by atoms with Gasteiger partial charge in [-0.25, -0.2) is 18.4 Å². The molecule has 1 aromatic carbocycles. The van der Waals surface area contributed by atoms with Gasteiger partial charge >= 0.3 is 0 Å². The SMILES string of the molecule is CC(C)n1cnc(S(=O)(=O)N2CCCC(C(=O)NCCc3nc4ccccc4[nH]3)C2)c1. The molecular weight excluding hydrogens is 416 g/mol. The second kappa shape index (κ2) is 8.80. The van der Waals surface area contributed by atoms with Crippen LogP contribution in [0.5, 0.6) is 0 Å². The van der Waals surface area contributed by atoms with E-state index < -0.39 is 10.0 Å². The monoisotopic (exact) mass is 444 g/mol. The van der Waals surface area contributed by atoms with Crippen LogP contribution < -0.4 is 5.32 Å². The highest BCUT2D eigenvalue weighted by atomic mass is 32.2. The van der Waals surface area contributed by atoms with Crippen LogP contribution in [0.3, 0.4) is 0 Å². The molecule has 1 saturated heterocycles. The molecule has 0 bridgehead atoms. The van der Waals surface area contributed by atoms with Crippen LogP contribution in [0, 0.1) is 5.92 Å². The van der Waals surface area contributed by atoms with Crippen molar-refractivity contribution in [1.82, 2.24) is 29.1 Å². The minimum atomic E-state index is -3.71. The third kappa shape index (κ3) is 4.64. The molecule has 2 aromatic heterocycles. The Bertz CT molecular complexity index is 1130. The summed E-state index contributed by atoms with van der Waals surface area (Å²) in [6.45, 7) is 4.95. The normalized spacial score (nSPS) is 18.0. The lowest BCUT2D eigenvalue weighted by molar-refractivity contribution is -0.126. The minimum absolute atomic E-state index is 0.0344. The quantitative estimate of drug-likeness (QED) is 0.579. The van der Waals surface area contributed by atoms with Crippen molar-refractivity contribution in [2.45, 2.75) is 44.2 Å². The summed E-state index contributed by atoms with van der Waals surface area (Å²) in [5.74, 6) is 0.324. The molecule has 1 amide bonds. The summed E-state index contributed by atoms with van der Waals surface area (Å²) >= 11 is 0. The summed E-state index contributed by atoms with van der Waals surface area (Å²) in [7, 11) is -3.71. The number of hydrogen-bond acceptors (Lipinski definition) is 5. The van der Waals surface area contributed by atoms with Crippen LogP contribution >= 0.6 is 0 Å². The van der Waals surface area contributed by atoms with E-state index in [1.807, 2.05) is 38.1 Å². The van der Waals surface area contributed by atoms with Crippen LogP contribution in [0.25, 0.3) is 11.0 Å². The maximum absolute atomic E-state index is 13.0. The lowest BCUT2D eigenvalue weighted by Crippen LogP contribution is -2.45. The van der Waals surface area contributed by atoms with E-state index in [0.717, 1.165) is 16.9 Å². The van der Waals surface area contributed by atoms with E-state index in [2.05, 4.69) is 20.3 Å². The van der Waals surface area contributed by atoms with Gasteiger partial charge in [-0.2, -0.15) is 4.31 Å². The number of aromatic amines is 1. The highest BCUT2D eigenvalue weighted by Crippen LogP contribution is 2.23. The third-order valence-corrected chi connectivity index (χ3v) is 7.38. The number of para-hydroxylation sites is 2. The Labute approximate surface area is 181 Å². The highest BCUT2D eigenvalue weighted by Gasteiger charge is 2.34. The first-order chi connectivity index (χ1) is 14.8. The molecule has 1 unspecified atom stereocenters. The molecule has 2 N–H and O–H groups in total. The average Bonchev–Trinajstić information content (AvgIpc) is 3.41. The lowest BCUT2D eigenvalue weighted by Gasteiger charge is -2.30. The maximum Gasteiger partial charge on any atom is 0.262 e. The van der Waals surface area contributed by atoms with Crippen LogP contribution in [0.1, 0.15) is 38.6 Å². The first-order valence-electron chi connectivity index (χ1n) is 10.6. The summed E-state index contributed by atoms with van der Waals surface area (Å²) in [6, 6.07) is 7.91. The lowest BCUT2D eigenvalue weighted by atomic mass is 9.99. The summed E-state index contributed by atoms with van der Waals surface area (Å²) in [6.07, 6.45) is 4.98. The van der Waals surface area contributed by atoms with Gasteiger partial charge in [-0.3, -0.25) is 4.79 Å². The molecule has 3 heterocycles. The second-order valence-electron chi connectivity index (χ2n) is 8.20. The van der Waals surface area contributed by atoms with Crippen LogP contribution in [0.15, 0.2) is 41.8 Å². The van der Waals surface area contributed by atoms with Crippen molar-refractivity contribution in [3.05, 3.63) is 42.6 Å². The predicted molar refractivity (Wildman–Crippen MR) is 117 cm³/mol. The number of benzene rings is 1. The first-order valence-corrected chi connectivity index (χ1v) is 12.0. The van der Waals surface area contributed by atoms with Crippen molar-refractivity contribution in [3.8, 4) is 0 Å². The van der Waals surface area contributed by atoms with Crippen molar-refractivity contribution < 1.29 is 13.2 Å². The fourth-order valence-electron chi connectivity index (χ4n) is 3.81. The van der Waals surface area contributed by atoms with Gasteiger partial charge in [0.2, 0.25) is 5.91 Å². The summed E-state index contributed by atoms with van der Waals surface area (Å²) < 4.78 is 29.1. The third-order valence-electron chi connectivity index (χ3n) is 5.63. The van der Waals surface area contributed by atoms with Gasteiger partial charge in [0, 0.05) is 38.3 Å². The van der Waals surface area contributed by atoms with E-state index in [0.29, 0.717) is 32.4 Å². The zero-order valence-corrected chi connectivity index (χ0v) is 18.6. The Kier molecular flexibility index (Phi) is 6.10. The van der Waals surface area contributed by atoms with Gasteiger partial charge in [0.15, 0.2) is 5.03 Å². The summed E-state index contributed by atoms with van der Waals surface area (Å²) in [5.41, 5.74) is 1.87. The molecular formula is C21H28N6O3S. The number of rotatable bonds is 7. The van der Waals surface area contributed by atoms with Crippen molar-refractivity contribution >= 4 is 27.0 Å². The van der Waals surface area contributed by atoms with Crippen molar-refractivity contribution in [2.24, 2.45) is 5.92 Å². The molecule has 0 aliphatic carbocycles. The minimum Gasteiger partial charge on any atom is -0.355 e. The van der Waals surface area contributed by atoms with Crippen molar-refractivity contribution in [2.75, 3.05) is 19.6 Å². The van der Waals surface area contributed by atoms with Crippen LogP contribution in [0.2, 0.25) is 0 Å². The largest absolute Gasteiger partial charge is 0.355 e. The number of hydrogen-bond donors (Lipinski definition) is 2. The van der Waals surface area contributed by atoms with E-state index in [4.69, 9.17) is 0 Å². The first kappa shape index (κ1) is 21.5. The maximum atomic E-state index is 13.0. The fraction of sp³-hybridized carbons (Fsp3) is 0.476. The summed E-state index contributed by atoms with van der Waals surface area (Å²) in [4.78, 5) is 24.5. The Morgan fingerprint density at radius 1 is 1.32 bits per heavy atom. The highest BCUT2D eigenvalue weighted by molar-refractivity contribution is 7.89. The molecule has 1 aliphatic rings. The van der Waals surface area contributed by atoms with Gasteiger partial charge in [0.25, 0.3) is 10.0 Å². The van der Waals surface area contributed by atoms with Crippen LogP contribution in [0.4, 0.5) is 0 Å². The molecule has 10 heteroatoms. The van der Waals surface area contributed by atoms with Crippen LogP contribution in [-0.2, 0) is 21.2 Å². The number of carbonyl (C=O) groups is 1.